The zero-order valence-corrected chi connectivity index (χ0v) is 11.2. The predicted molar refractivity (Wildman–Crippen MR) is 71.0 cm³/mol. The summed E-state index contributed by atoms with van der Waals surface area (Å²) in [6, 6.07) is 6.11. The Morgan fingerprint density at radius 2 is 2.29 bits per heavy atom. The number of hydrogen-bond donors (Lipinski definition) is 0. The molecule has 70 valence electrons. The van der Waals surface area contributed by atoms with Crippen molar-refractivity contribution in [3.63, 3.8) is 0 Å². The monoisotopic (exact) mass is 331 g/mol. The summed E-state index contributed by atoms with van der Waals surface area (Å²) in [7, 11) is 0. The number of rotatable bonds is 1. The third-order valence-corrected chi connectivity index (χ3v) is 4.91. The molecule has 2 aromatic rings. The summed E-state index contributed by atoms with van der Waals surface area (Å²) >= 11 is 5.74. The van der Waals surface area contributed by atoms with Gasteiger partial charge in [-0.05, 0) is 41.0 Å². The number of benzene rings is 1. The van der Waals surface area contributed by atoms with Crippen LogP contribution in [0.15, 0.2) is 22.4 Å². The lowest BCUT2D eigenvalue weighted by Gasteiger charge is -2.00. The zero-order valence-electron chi connectivity index (χ0n) is 7.37. The molecule has 0 amide bonds. The molecule has 0 aliphatic rings. The van der Waals surface area contributed by atoms with Crippen molar-refractivity contribution in [1.29, 1.82) is 5.26 Å². The van der Waals surface area contributed by atoms with Crippen molar-refractivity contribution in [2.75, 3.05) is 6.26 Å². The van der Waals surface area contributed by atoms with Gasteiger partial charge in [-0.2, -0.15) is 5.26 Å². The third kappa shape index (κ3) is 1.64. The average Bonchev–Trinajstić information content (AvgIpc) is 2.59. The van der Waals surface area contributed by atoms with Crippen LogP contribution in [0.25, 0.3) is 10.1 Å². The van der Waals surface area contributed by atoms with Gasteiger partial charge in [-0.3, -0.25) is 0 Å². The first-order valence-electron chi connectivity index (χ1n) is 3.91. The highest BCUT2D eigenvalue weighted by Gasteiger charge is 2.08. The van der Waals surface area contributed by atoms with Gasteiger partial charge in [-0.1, -0.05) is 0 Å². The Hall–Kier alpha value is -0.250. The van der Waals surface area contributed by atoms with Gasteiger partial charge in [-0.15, -0.1) is 23.1 Å². The standard InChI is InChI=1S/C10H6INS2/c1-13-8-2-6(4-12)3-9-10(8)7(11)5-14-9/h2-3,5H,1H3. The lowest BCUT2D eigenvalue weighted by Crippen LogP contribution is -1.78. The fraction of sp³-hybridized carbons (Fsp3) is 0.100. The van der Waals surface area contributed by atoms with E-state index in [1.165, 1.54) is 18.6 Å². The van der Waals surface area contributed by atoms with Gasteiger partial charge < -0.3 is 0 Å². The number of fused-ring (bicyclic) bond motifs is 1. The first-order chi connectivity index (χ1) is 6.76. The number of nitriles is 1. The molecule has 0 atom stereocenters. The second-order valence-electron chi connectivity index (χ2n) is 2.75. The fourth-order valence-electron chi connectivity index (χ4n) is 1.32. The lowest BCUT2D eigenvalue weighted by atomic mass is 10.2. The van der Waals surface area contributed by atoms with Gasteiger partial charge in [0, 0.05) is 23.9 Å². The summed E-state index contributed by atoms with van der Waals surface area (Å²) in [5.74, 6) is 0. The minimum absolute atomic E-state index is 0.750. The summed E-state index contributed by atoms with van der Waals surface area (Å²) in [5, 5.41) is 12.3. The Bertz CT molecular complexity index is 525. The van der Waals surface area contributed by atoms with E-state index in [2.05, 4.69) is 34.0 Å². The molecule has 1 aromatic heterocycles. The number of halogens is 1. The highest BCUT2D eigenvalue weighted by molar-refractivity contribution is 14.1. The van der Waals surface area contributed by atoms with Crippen LogP contribution in [-0.2, 0) is 0 Å². The van der Waals surface area contributed by atoms with Crippen molar-refractivity contribution in [1.82, 2.24) is 0 Å². The van der Waals surface area contributed by atoms with Crippen LogP contribution in [0.4, 0.5) is 0 Å². The van der Waals surface area contributed by atoms with E-state index in [4.69, 9.17) is 5.26 Å². The average molecular weight is 331 g/mol. The van der Waals surface area contributed by atoms with E-state index in [1.54, 1.807) is 23.1 Å². The topological polar surface area (TPSA) is 23.8 Å². The normalized spacial score (nSPS) is 10.4. The van der Waals surface area contributed by atoms with Gasteiger partial charge in [-0.25, -0.2) is 0 Å². The smallest absolute Gasteiger partial charge is 0.0992 e. The van der Waals surface area contributed by atoms with Crippen LogP contribution in [0.2, 0.25) is 0 Å². The van der Waals surface area contributed by atoms with Gasteiger partial charge in [0.05, 0.1) is 11.6 Å². The van der Waals surface area contributed by atoms with E-state index in [1.807, 2.05) is 18.4 Å². The van der Waals surface area contributed by atoms with Crippen LogP contribution < -0.4 is 0 Å². The van der Waals surface area contributed by atoms with Gasteiger partial charge >= 0.3 is 0 Å². The first kappa shape index (κ1) is 10.3. The lowest BCUT2D eigenvalue weighted by molar-refractivity contribution is 1.46. The molecule has 0 N–H and O–H groups in total. The second kappa shape index (κ2) is 4.09. The Balaban J connectivity index is 2.84. The minimum Gasteiger partial charge on any atom is -0.192 e. The van der Waals surface area contributed by atoms with E-state index in [-0.39, 0.29) is 0 Å². The van der Waals surface area contributed by atoms with E-state index >= 15 is 0 Å². The molecule has 1 aromatic carbocycles. The van der Waals surface area contributed by atoms with Crippen LogP contribution in [0.5, 0.6) is 0 Å². The van der Waals surface area contributed by atoms with E-state index in [0.29, 0.717) is 0 Å². The molecule has 0 bridgehead atoms. The van der Waals surface area contributed by atoms with Crippen LogP contribution in [0.1, 0.15) is 5.56 Å². The summed E-state index contributed by atoms with van der Waals surface area (Å²) in [4.78, 5) is 1.20. The molecule has 4 heteroatoms. The van der Waals surface area contributed by atoms with Crippen molar-refractivity contribution < 1.29 is 0 Å². The molecule has 0 saturated carbocycles. The number of thioether (sulfide) groups is 1. The molecule has 0 fully saturated rings. The van der Waals surface area contributed by atoms with Crippen molar-refractivity contribution in [3.8, 4) is 6.07 Å². The number of thiophene rings is 1. The van der Waals surface area contributed by atoms with Gasteiger partial charge in [0.1, 0.15) is 0 Å². The second-order valence-corrected chi connectivity index (χ2v) is 5.67. The molecule has 0 spiro atoms. The Morgan fingerprint density at radius 3 is 2.93 bits per heavy atom. The summed E-state index contributed by atoms with van der Waals surface area (Å²) in [5.41, 5.74) is 0.750. The van der Waals surface area contributed by atoms with Crippen molar-refractivity contribution >= 4 is 55.8 Å². The van der Waals surface area contributed by atoms with Crippen LogP contribution in [0, 0.1) is 14.9 Å². The Kier molecular flexibility index (Phi) is 3.00. The van der Waals surface area contributed by atoms with Crippen molar-refractivity contribution in [2.24, 2.45) is 0 Å². The third-order valence-electron chi connectivity index (χ3n) is 1.94. The van der Waals surface area contributed by atoms with Crippen molar-refractivity contribution in [3.05, 3.63) is 26.6 Å². The first-order valence-corrected chi connectivity index (χ1v) is 7.09. The molecule has 0 saturated heterocycles. The summed E-state index contributed by atoms with van der Waals surface area (Å²) in [6.07, 6.45) is 2.05. The van der Waals surface area contributed by atoms with Crippen LogP contribution in [0.3, 0.4) is 0 Å². The molecule has 0 aliphatic carbocycles. The van der Waals surface area contributed by atoms with E-state index in [9.17, 15) is 0 Å². The molecular formula is C10H6INS2. The maximum absolute atomic E-state index is 8.87. The zero-order chi connectivity index (χ0) is 10.1. The molecule has 1 heterocycles. The summed E-state index contributed by atoms with van der Waals surface area (Å²) < 4.78 is 2.48. The molecule has 2 rings (SSSR count). The van der Waals surface area contributed by atoms with E-state index < -0.39 is 0 Å². The largest absolute Gasteiger partial charge is 0.192 e. The highest BCUT2D eigenvalue weighted by atomic mass is 127. The van der Waals surface area contributed by atoms with Gasteiger partial charge in [0.25, 0.3) is 0 Å². The van der Waals surface area contributed by atoms with E-state index in [0.717, 1.165) is 5.56 Å². The number of hydrogen-bond acceptors (Lipinski definition) is 3. The quantitative estimate of drug-likeness (QED) is 0.580. The fourth-order valence-corrected chi connectivity index (χ4v) is 4.26. The van der Waals surface area contributed by atoms with Crippen LogP contribution >= 0.6 is 45.7 Å². The Labute approximate surface area is 104 Å². The van der Waals surface area contributed by atoms with Crippen LogP contribution in [-0.4, -0.2) is 6.26 Å². The molecule has 0 aliphatic heterocycles. The SMILES string of the molecule is CSc1cc(C#N)cc2scc(I)c12. The summed E-state index contributed by atoms with van der Waals surface area (Å²) in [6.45, 7) is 0. The van der Waals surface area contributed by atoms with Crippen molar-refractivity contribution in [2.45, 2.75) is 4.90 Å². The highest BCUT2D eigenvalue weighted by Crippen LogP contribution is 2.35. The molecular weight excluding hydrogens is 325 g/mol. The molecule has 0 radical (unpaired) electrons. The minimum atomic E-state index is 0.750. The maximum Gasteiger partial charge on any atom is 0.0992 e. The molecule has 1 nitrogen and oxygen atoms in total. The van der Waals surface area contributed by atoms with Gasteiger partial charge in [0.2, 0.25) is 0 Å². The molecule has 0 unspecified atom stereocenters. The maximum atomic E-state index is 8.87. The van der Waals surface area contributed by atoms with Gasteiger partial charge in [0.15, 0.2) is 0 Å². The predicted octanol–water partition coefficient (Wildman–Crippen LogP) is 4.10. The molecule has 14 heavy (non-hydrogen) atoms. The Morgan fingerprint density at radius 1 is 1.50 bits per heavy atom. The number of nitrogens with zero attached hydrogens (tertiary/aromatic N) is 1.